The molecule has 2 fully saturated rings. The third kappa shape index (κ3) is 6.19. The maximum Gasteiger partial charge on any atom is 0.453 e. The molecule has 0 radical (unpaired) electrons. The van der Waals surface area contributed by atoms with Gasteiger partial charge < -0.3 is 15.5 Å². The van der Waals surface area contributed by atoms with E-state index in [9.17, 15) is 22.8 Å². The summed E-state index contributed by atoms with van der Waals surface area (Å²) in [6.07, 6.45) is -0.946. The number of piperidine rings is 2. The molecular formula is C22H31F3N8O2. The van der Waals surface area contributed by atoms with Gasteiger partial charge in [0.25, 0.3) is 5.82 Å². The van der Waals surface area contributed by atoms with Gasteiger partial charge >= 0.3 is 6.18 Å². The zero-order chi connectivity index (χ0) is 25.0. The number of anilines is 1. The first-order valence-electron chi connectivity index (χ1n) is 12.1. The van der Waals surface area contributed by atoms with Crippen LogP contribution in [0.2, 0.25) is 0 Å². The smallest absolute Gasteiger partial charge is 0.355 e. The van der Waals surface area contributed by atoms with Crippen LogP contribution in [0.1, 0.15) is 44.9 Å². The van der Waals surface area contributed by atoms with Crippen molar-refractivity contribution in [2.75, 3.05) is 44.2 Å². The van der Waals surface area contributed by atoms with E-state index < -0.39 is 12.0 Å². The highest BCUT2D eigenvalue weighted by Crippen LogP contribution is 2.28. The van der Waals surface area contributed by atoms with Gasteiger partial charge in [0, 0.05) is 44.7 Å². The topological polar surface area (TPSA) is 108 Å². The molecule has 192 valence electrons. The molecule has 0 aliphatic carbocycles. The Labute approximate surface area is 201 Å². The molecule has 2 aliphatic heterocycles. The zero-order valence-corrected chi connectivity index (χ0v) is 19.7. The monoisotopic (exact) mass is 496 g/mol. The second kappa shape index (κ2) is 10.8. The van der Waals surface area contributed by atoms with Crippen molar-refractivity contribution in [1.82, 2.24) is 35.3 Å². The lowest BCUT2D eigenvalue weighted by Gasteiger charge is -2.35. The number of aromatic nitrogens is 4. The molecule has 35 heavy (non-hydrogen) atoms. The van der Waals surface area contributed by atoms with Crippen LogP contribution in [0.3, 0.4) is 0 Å². The number of nitrogens with one attached hydrogen (secondary N) is 2. The number of hydrogen-bond acceptors (Lipinski definition) is 7. The number of hydrogen-bond donors (Lipinski definition) is 2. The molecule has 13 heteroatoms. The highest BCUT2D eigenvalue weighted by molar-refractivity contribution is 5.79. The fourth-order valence-corrected chi connectivity index (χ4v) is 4.57. The average molecular weight is 497 g/mol. The number of carbonyl (C=O) groups excluding carboxylic acids is 2. The largest absolute Gasteiger partial charge is 0.453 e. The average Bonchev–Trinajstić information content (AvgIpc) is 3.28. The molecule has 2 aromatic heterocycles. The number of rotatable bonds is 7. The molecule has 0 atom stereocenters. The van der Waals surface area contributed by atoms with E-state index in [0.29, 0.717) is 49.4 Å². The quantitative estimate of drug-likeness (QED) is 0.598. The predicted molar refractivity (Wildman–Crippen MR) is 122 cm³/mol. The molecule has 2 aromatic rings. The highest BCUT2D eigenvalue weighted by atomic mass is 19.4. The van der Waals surface area contributed by atoms with Crippen molar-refractivity contribution in [2.24, 2.45) is 5.92 Å². The van der Waals surface area contributed by atoms with Gasteiger partial charge in [-0.2, -0.15) is 17.7 Å². The molecular weight excluding hydrogens is 465 g/mol. The molecule has 0 aromatic carbocycles. The Morgan fingerprint density at radius 1 is 1.06 bits per heavy atom. The first kappa shape index (κ1) is 25.1. The zero-order valence-electron chi connectivity index (χ0n) is 19.7. The summed E-state index contributed by atoms with van der Waals surface area (Å²) in [5.41, 5.74) is 0.0305. The Bertz CT molecular complexity index is 1030. The number of nitrogens with zero attached hydrogens (tertiary/aromatic N) is 6. The van der Waals surface area contributed by atoms with E-state index in [1.807, 2.05) is 11.8 Å². The number of alkyl halides is 3. The molecule has 10 nitrogen and oxygen atoms in total. The van der Waals surface area contributed by atoms with Crippen LogP contribution in [-0.2, 0) is 15.8 Å². The predicted octanol–water partition coefficient (Wildman–Crippen LogP) is 1.47. The third-order valence-corrected chi connectivity index (χ3v) is 6.57. The summed E-state index contributed by atoms with van der Waals surface area (Å²) in [7, 11) is 0. The van der Waals surface area contributed by atoms with Crippen LogP contribution in [0.4, 0.5) is 19.0 Å². The molecule has 2 saturated heterocycles. The van der Waals surface area contributed by atoms with Crippen LogP contribution in [0.5, 0.6) is 0 Å². The first-order chi connectivity index (χ1) is 16.7. The van der Waals surface area contributed by atoms with E-state index in [-0.39, 0.29) is 29.4 Å². The van der Waals surface area contributed by atoms with E-state index >= 15 is 0 Å². The fourth-order valence-electron chi connectivity index (χ4n) is 4.57. The minimum absolute atomic E-state index is 0.0189. The van der Waals surface area contributed by atoms with E-state index in [4.69, 9.17) is 0 Å². The number of halogens is 3. The molecule has 4 rings (SSSR count). The Hall–Kier alpha value is -2.96. The van der Waals surface area contributed by atoms with Gasteiger partial charge in [-0.15, -0.1) is 15.3 Å². The molecule has 4 heterocycles. The van der Waals surface area contributed by atoms with E-state index in [1.54, 1.807) is 6.07 Å². The lowest BCUT2D eigenvalue weighted by Crippen LogP contribution is -2.49. The van der Waals surface area contributed by atoms with Crippen LogP contribution in [0, 0.1) is 5.92 Å². The van der Waals surface area contributed by atoms with Gasteiger partial charge in [-0.3, -0.25) is 14.5 Å². The van der Waals surface area contributed by atoms with Gasteiger partial charge in [0.05, 0.1) is 6.54 Å². The molecule has 0 unspecified atom stereocenters. The molecule has 2 aliphatic rings. The standard InChI is InChI=1S/C22H31F3N8O2/c1-2-9-26-19(34)14-31-10-7-16(8-11-31)27-20(35)15-5-12-32(13-6-15)18-4-3-17-28-29-21(22(23,24)25)33(17)30-18/h3-4,15-16H,2,5-14H2,1H3,(H,26,34)(H,27,35). The summed E-state index contributed by atoms with van der Waals surface area (Å²) in [6.45, 7) is 5.65. The number of amides is 2. The van der Waals surface area contributed by atoms with Crippen LogP contribution in [0.25, 0.3) is 5.65 Å². The lowest BCUT2D eigenvalue weighted by molar-refractivity contribution is -0.146. The number of carbonyl (C=O) groups is 2. The second-order valence-electron chi connectivity index (χ2n) is 9.15. The van der Waals surface area contributed by atoms with Crippen molar-refractivity contribution in [1.29, 1.82) is 0 Å². The van der Waals surface area contributed by atoms with Crippen LogP contribution < -0.4 is 15.5 Å². The Morgan fingerprint density at radius 2 is 1.77 bits per heavy atom. The lowest BCUT2D eigenvalue weighted by atomic mass is 9.94. The molecule has 0 bridgehead atoms. The maximum absolute atomic E-state index is 13.1. The molecule has 2 amide bonds. The summed E-state index contributed by atoms with van der Waals surface area (Å²) in [5.74, 6) is -0.847. The number of likely N-dealkylation sites (tertiary alicyclic amines) is 1. The van der Waals surface area contributed by atoms with Crippen molar-refractivity contribution in [3.05, 3.63) is 18.0 Å². The molecule has 0 saturated carbocycles. The van der Waals surface area contributed by atoms with Crippen LogP contribution >= 0.6 is 0 Å². The summed E-state index contributed by atoms with van der Waals surface area (Å²) >= 11 is 0. The van der Waals surface area contributed by atoms with Crippen molar-refractivity contribution in [2.45, 2.75) is 51.2 Å². The van der Waals surface area contributed by atoms with Crippen molar-refractivity contribution in [3.8, 4) is 0 Å². The normalized spacial score (nSPS) is 18.7. The van der Waals surface area contributed by atoms with Crippen molar-refractivity contribution >= 4 is 23.3 Å². The van der Waals surface area contributed by atoms with Crippen molar-refractivity contribution in [3.63, 3.8) is 0 Å². The summed E-state index contributed by atoms with van der Waals surface area (Å²) in [4.78, 5) is 28.7. The van der Waals surface area contributed by atoms with Gasteiger partial charge in [0.15, 0.2) is 5.65 Å². The fraction of sp³-hybridized carbons (Fsp3) is 0.682. The van der Waals surface area contributed by atoms with E-state index in [1.165, 1.54) is 6.07 Å². The summed E-state index contributed by atoms with van der Waals surface area (Å²) in [6, 6.07) is 3.18. The van der Waals surface area contributed by atoms with Gasteiger partial charge in [-0.25, -0.2) is 0 Å². The summed E-state index contributed by atoms with van der Waals surface area (Å²) in [5, 5.41) is 16.9. The Kier molecular flexibility index (Phi) is 7.72. The van der Waals surface area contributed by atoms with Gasteiger partial charge in [0.2, 0.25) is 11.8 Å². The van der Waals surface area contributed by atoms with E-state index in [0.717, 1.165) is 32.4 Å². The van der Waals surface area contributed by atoms with Gasteiger partial charge in [0.1, 0.15) is 5.82 Å². The van der Waals surface area contributed by atoms with Crippen molar-refractivity contribution < 1.29 is 22.8 Å². The highest BCUT2D eigenvalue weighted by Gasteiger charge is 2.38. The minimum Gasteiger partial charge on any atom is -0.355 e. The van der Waals surface area contributed by atoms with Crippen LogP contribution in [0.15, 0.2) is 12.1 Å². The molecule has 2 N–H and O–H groups in total. The summed E-state index contributed by atoms with van der Waals surface area (Å²) < 4.78 is 40.1. The van der Waals surface area contributed by atoms with E-state index in [2.05, 4.69) is 30.8 Å². The third-order valence-electron chi connectivity index (χ3n) is 6.57. The van der Waals surface area contributed by atoms with Gasteiger partial charge in [-0.1, -0.05) is 6.92 Å². The maximum atomic E-state index is 13.1. The Morgan fingerprint density at radius 3 is 2.43 bits per heavy atom. The molecule has 0 spiro atoms. The number of fused-ring (bicyclic) bond motifs is 1. The van der Waals surface area contributed by atoms with Crippen LogP contribution in [-0.4, -0.2) is 81.8 Å². The minimum atomic E-state index is -4.65. The first-order valence-corrected chi connectivity index (χ1v) is 12.1. The second-order valence-corrected chi connectivity index (χ2v) is 9.15. The Balaban J connectivity index is 1.24. The SMILES string of the molecule is CCCNC(=O)CN1CCC(NC(=O)C2CCN(c3ccc4nnc(C(F)(F)F)n4n3)CC2)CC1. The van der Waals surface area contributed by atoms with Gasteiger partial charge in [-0.05, 0) is 44.2 Å².